The third-order valence-corrected chi connectivity index (χ3v) is 5.97. The van der Waals surface area contributed by atoms with E-state index < -0.39 is 53.0 Å². The van der Waals surface area contributed by atoms with Gasteiger partial charge in [-0.2, -0.15) is 13.1 Å². The zero-order chi connectivity index (χ0) is 23.9. The number of ether oxygens (including phenoxy) is 1. The largest absolute Gasteiger partial charge is 0.507 e. The molecule has 0 unspecified atom stereocenters. The number of rotatable bonds is 6. The summed E-state index contributed by atoms with van der Waals surface area (Å²) >= 11 is 0. The molecule has 16 heteroatoms. The topological polar surface area (TPSA) is 241 Å². The Morgan fingerprint density at radius 3 is 2.67 bits per heavy atom. The lowest BCUT2D eigenvalue weighted by molar-refractivity contribution is -0.0330. The Labute approximate surface area is 186 Å². The number of imidazole rings is 1. The third kappa shape index (κ3) is 4.37. The second-order valence-electron chi connectivity index (χ2n) is 7.19. The lowest BCUT2D eigenvalue weighted by Gasteiger charge is -2.16. The number of amides is 1. The molecule has 1 fully saturated rings. The van der Waals surface area contributed by atoms with Crippen LogP contribution in [-0.4, -0.2) is 74.0 Å². The minimum atomic E-state index is -4.42. The van der Waals surface area contributed by atoms with Gasteiger partial charge >= 0.3 is 10.2 Å². The van der Waals surface area contributed by atoms with Crippen LogP contribution in [0.5, 0.6) is 5.75 Å². The quantitative estimate of drug-likeness (QED) is 0.182. The van der Waals surface area contributed by atoms with Crippen LogP contribution in [0.1, 0.15) is 16.6 Å². The van der Waals surface area contributed by atoms with Crippen molar-refractivity contribution in [3.8, 4) is 5.75 Å². The van der Waals surface area contributed by atoms with E-state index in [9.17, 15) is 28.5 Å². The number of hydrogen-bond acceptors (Lipinski definition) is 12. The number of benzene rings is 1. The lowest BCUT2D eigenvalue weighted by Crippen LogP contribution is -2.45. The number of aromatic nitrogens is 4. The van der Waals surface area contributed by atoms with Gasteiger partial charge in [0, 0.05) is 18.3 Å². The number of aliphatic hydroxyl groups is 2. The molecule has 33 heavy (non-hydrogen) atoms. The highest BCUT2D eigenvalue weighted by Crippen LogP contribution is 2.31. The van der Waals surface area contributed by atoms with E-state index in [2.05, 4.69) is 19.7 Å². The maximum Gasteiger partial charge on any atom is 0.301 e. The molecule has 4 rings (SSSR count). The van der Waals surface area contributed by atoms with E-state index in [0.717, 1.165) is 12.1 Å². The van der Waals surface area contributed by atoms with Crippen LogP contribution >= 0.6 is 0 Å². The Hall–Kier alpha value is -3.57. The van der Waals surface area contributed by atoms with Crippen LogP contribution in [0.2, 0.25) is 0 Å². The molecule has 1 aliphatic heterocycles. The van der Waals surface area contributed by atoms with Crippen LogP contribution in [0.25, 0.3) is 11.2 Å². The van der Waals surface area contributed by atoms with E-state index in [1.165, 1.54) is 23.3 Å². The molecule has 3 heterocycles. The fraction of sp³-hybridized carbons (Fsp3) is 0.294. The molecule has 1 amide bonds. The number of phenols is 1. The maximum atomic E-state index is 12.3. The van der Waals surface area contributed by atoms with Crippen molar-refractivity contribution in [2.75, 3.05) is 18.0 Å². The number of anilines is 2. The van der Waals surface area contributed by atoms with E-state index in [0.29, 0.717) is 0 Å². The number of nitrogens with zero attached hydrogens (tertiary/aromatic N) is 4. The first-order valence-electron chi connectivity index (χ1n) is 9.42. The monoisotopic (exact) mass is 480 g/mol. The standard InChI is InChI=1S/C17H20N8O7S/c18-7-1-2-8(9(26)3-7)16(29)24-33(30,31)23-4-10-12(27)13(28)17(32-10)25-6-22-11-14(19)20-5-21-15(11)25/h1-3,5-6,10,12-13,17,23,26-28H,4,18H2,(H,24,29)(H2,19,20,21)/t10-,12-,13-,17-/m1/s1. The Morgan fingerprint density at radius 1 is 1.18 bits per heavy atom. The van der Waals surface area contributed by atoms with Crippen LogP contribution < -0.4 is 20.9 Å². The number of aliphatic hydroxyl groups excluding tert-OH is 2. The zero-order valence-electron chi connectivity index (χ0n) is 16.7. The maximum absolute atomic E-state index is 12.3. The SMILES string of the molecule is Nc1ccc(C(=O)NS(=O)(=O)NC[C@H]2O[C@@H](n3cnc4c(N)ncnc43)[C@H](O)[C@@H]2O)c(O)c1. The van der Waals surface area contributed by atoms with Gasteiger partial charge in [-0.25, -0.2) is 19.7 Å². The van der Waals surface area contributed by atoms with Gasteiger partial charge in [0.1, 0.15) is 35.9 Å². The molecule has 1 aliphatic rings. The van der Waals surface area contributed by atoms with E-state index in [-0.39, 0.29) is 28.2 Å². The fourth-order valence-corrected chi connectivity index (χ4v) is 4.14. The summed E-state index contributed by atoms with van der Waals surface area (Å²) in [6.07, 6.45) is -2.77. The summed E-state index contributed by atoms with van der Waals surface area (Å²) in [5, 5.41) is 30.5. The minimum Gasteiger partial charge on any atom is -0.507 e. The zero-order valence-corrected chi connectivity index (χ0v) is 17.5. The summed E-state index contributed by atoms with van der Waals surface area (Å²) in [6, 6.07) is 3.57. The Kier molecular flexibility index (Phi) is 5.76. The number of aromatic hydroxyl groups is 1. The number of nitrogens with one attached hydrogen (secondary N) is 2. The molecule has 0 aliphatic carbocycles. The first-order chi connectivity index (χ1) is 15.6. The average Bonchev–Trinajstić information content (AvgIpc) is 3.29. The fourth-order valence-electron chi connectivity index (χ4n) is 3.33. The van der Waals surface area contributed by atoms with Crippen molar-refractivity contribution in [2.45, 2.75) is 24.5 Å². The van der Waals surface area contributed by atoms with Crippen LogP contribution in [-0.2, 0) is 14.9 Å². The van der Waals surface area contributed by atoms with Crippen molar-refractivity contribution < 1.29 is 33.3 Å². The Morgan fingerprint density at radius 2 is 1.94 bits per heavy atom. The second kappa shape index (κ2) is 8.41. The minimum absolute atomic E-state index is 0.110. The number of nitrogen functional groups attached to an aromatic ring is 2. The molecule has 9 N–H and O–H groups in total. The van der Waals surface area contributed by atoms with Gasteiger partial charge in [0.05, 0.1) is 11.9 Å². The summed E-state index contributed by atoms with van der Waals surface area (Å²) in [5.74, 6) is -1.49. The van der Waals surface area contributed by atoms with E-state index in [1.54, 1.807) is 4.72 Å². The van der Waals surface area contributed by atoms with Crippen molar-refractivity contribution in [3.05, 3.63) is 36.4 Å². The summed E-state index contributed by atoms with van der Waals surface area (Å²) in [7, 11) is -4.42. The average molecular weight is 480 g/mol. The summed E-state index contributed by atoms with van der Waals surface area (Å²) < 4.78 is 35.3. The number of carbonyl (C=O) groups is 1. The van der Waals surface area contributed by atoms with Crippen LogP contribution in [0, 0.1) is 0 Å². The first kappa shape index (κ1) is 22.6. The highest BCUT2D eigenvalue weighted by Gasteiger charge is 2.44. The van der Waals surface area contributed by atoms with Gasteiger partial charge < -0.3 is 31.5 Å². The van der Waals surface area contributed by atoms with Gasteiger partial charge in [0.15, 0.2) is 17.7 Å². The molecule has 4 atom stereocenters. The summed E-state index contributed by atoms with van der Waals surface area (Å²) in [4.78, 5) is 24.1. The molecule has 3 aromatic rings. The van der Waals surface area contributed by atoms with Gasteiger partial charge in [-0.15, -0.1) is 0 Å². The van der Waals surface area contributed by atoms with E-state index in [4.69, 9.17) is 16.2 Å². The predicted molar refractivity (Wildman–Crippen MR) is 113 cm³/mol. The number of hydrogen-bond donors (Lipinski definition) is 7. The number of phenolic OH excluding ortho intramolecular Hbond substituents is 1. The number of nitrogens with two attached hydrogens (primary N) is 2. The molecular weight excluding hydrogens is 460 g/mol. The van der Waals surface area contributed by atoms with Gasteiger partial charge in [-0.1, -0.05) is 0 Å². The molecule has 15 nitrogen and oxygen atoms in total. The molecule has 176 valence electrons. The van der Waals surface area contributed by atoms with Crippen molar-refractivity contribution in [3.63, 3.8) is 0 Å². The van der Waals surface area contributed by atoms with Crippen molar-refractivity contribution in [1.29, 1.82) is 0 Å². The smallest absolute Gasteiger partial charge is 0.301 e. The highest BCUT2D eigenvalue weighted by molar-refractivity contribution is 7.88. The van der Waals surface area contributed by atoms with Gasteiger partial charge in [0.25, 0.3) is 5.91 Å². The molecule has 0 radical (unpaired) electrons. The lowest BCUT2D eigenvalue weighted by atomic mass is 10.1. The van der Waals surface area contributed by atoms with Crippen molar-refractivity contribution in [2.24, 2.45) is 0 Å². The highest BCUT2D eigenvalue weighted by atomic mass is 32.2. The molecular formula is C17H20N8O7S. The molecule has 0 spiro atoms. The Balaban J connectivity index is 1.43. The Bertz CT molecular complexity index is 1310. The number of fused-ring (bicyclic) bond motifs is 1. The molecule has 2 aromatic heterocycles. The van der Waals surface area contributed by atoms with Crippen LogP contribution in [0.15, 0.2) is 30.9 Å². The van der Waals surface area contributed by atoms with Gasteiger partial charge in [0.2, 0.25) is 0 Å². The van der Waals surface area contributed by atoms with E-state index >= 15 is 0 Å². The van der Waals surface area contributed by atoms with Gasteiger partial charge in [-0.3, -0.25) is 9.36 Å². The summed E-state index contributed by atoms with van der Waals surface area (Å²) in [5.41, 5.74) is 11.6. The summed E-state index contributed by atoms with van der Waals surface area (Å²) in [6.45, 7) is -0.491. The number of carbonyl (C=O) groups excluding carboxylic acids is 1. The van der Waals surface area contributed by atoms with Gasteiger partial charge in [-0.05, 0) is 12.1 Å². The van der Waals surface area contributed by atoms with Crippen LogP contribution in [0.4, 0.5) is 11.5 Å². The second-order valence-corrected chi connectivity index (χ2v) is 8.69. The van der Waals surface area contributed by atoms with E-state index in [1.807, 2.05) is 0 Å². The van der Waals surface area contributed by atoms with Crippen LogP contribution in [0.3, 0.4) is 0 Å². The van der Waals surface area contributed by atoms with Crippen molar-refractivity contribution >= 4 is 38.8 Å². The predicted octanol–water partition coefficient (Wildman–Crippen LogP) is -2.42. The van der Waals surface area contributed by atoms with Crippen molar-refractivity contribution in [1.82, 2.24) is 29.0 Å². The normalized spacial score (nSPS) is 23.1. The third-order valence-electron chi connectivity index (χ3n) is 4.97. The molecule has 0 bridgehead atoms. The molecule has 1 aromatic carbocycles. The molecule has 1 saturated heterocycles. The molecule has 0 saturated carbocycles. The first-order valence-corrected chi connectivity index (χ1v) is 10.9.